The third-order valence-corrected chi connectivity index (χ3v) is 7.32. The van der Waals surface area contributed by atoms with Crippen LogP contribution in [0.3, 0.4) is 0 Å². The predicted molar refractivity (Wildman–Crippen MR) is 132 cm³/mol. The maximum atomic E-state index is 13.6. The SMILES string of the molecule is COc1cc(Cl)c(/C=C2\SC(=Nc3ccccc3)N([C@@H]3CCCC[C@@H]3C)C2=O)cc1OC. The number of benzene rings is 2. The lowest BCUT2D eigenvalue weighted by molar-refractivity contribution is -0.124. The number of amides is 1. The molecule has 0 radical (unpaired) electrons. The summed E-state index contributed by atoms with van der Waals surface area (Å²) in [4.78, 5) is 21.0. The van der Waals surface area contributed by atoms with Gasteiger partial charge in [0.05, 0.1) is 29.8 Å². The first kappa shape index (κ1) is 22.7. The van der Waals surface area contributed by atoms with Gasteiger partial charge >= 0.3 is 0 Å². The number of nitrogens with zero attached hydrogens (tertiary/aromatic N) is 2. The van der Waals surface area contributed by atoms with Crippen LogP contribution in [0.25, 0.3) is 6.08 Å². The minimum Gasteiger partial charge on any atom is -0.493 e. The van der Waals surface area contributed by atoms with Crippen molar-refractivity contribution in [3.63, 3.8) is 0 Å². The number of aliphatic imine (C=N–C) groups is 1. The molecule has 32 heavy (non-hydrogen) atoms. The molecule has 7 heteroatoms. The Morgan fingerprint density at radius 1 is 1.09 bits per heavy atom. The van der Waals surface area contributed by atoms with Crippen LogP contribution in [0.4, 0.5) is 5.69 Å². The van der Waals surface area contributed by atoms with Crippen molar-refractivity contribution in [3.05, 3.63) is 58.0 Å². The van der Waals surface area contributed by atoms with Gasteiger partial charge in [-0.05, 0) is 60.4 Å². The number of carbonyl (C=O) groups is 1. The number of methoxy groups -OCH3 is 2. The van der Waals surface area contributed by atoms with Gasteiger partial charge in [0.2, 0.25) is 0 Å². The molecular weight excluding hydrogens is 444 g/mol. The van der Waals surface area contributed by atoms with E-state index in [1.165, 1.54) is 18.2 Å². The van der Waals surface area contributed by atoms with Crippen molar-refractivity contribution in [1.29, 1.82) is 0 Å². The number of hydrogen-bond acceptors (Lipinski definition) is 5. The molecule has 2 fully saturated rings. The molecule has 1 amide bonds. The molecule has 2 aromatic carbocycles. The van der Waals surface area contributed by atoms with E-state index < -0.39 is 0 Å². The van der Waals surface area contributed by atoms with Crippen molar-refractivity contribution in [3.8, 4) is 11.5 Å². The molecular formula is C25H27ClN2O3S. The zero-order valence-corrected chi connectivity index (χ0v) is 20.1. The van der Waals surface area contributed by atoms with Crippen LogP contribution in [0.2, 0.25) is 5.02 Å². The van der Waals surface area contributed by atoms with Gasteiger partial charge in [0.15, 0.2) is 16.7 Å². The first-order valence-corrected chi connectivity index (χ1v) is 12.0. The van der Waals surface area contributed by atoms with E-state index in [1.54, 1.807) is 26.4 Å². The lowest BCUT2D eigenvalue weighted by Gasteiger charge is -2.35. The van der Waals surface area contributed by atoms with Crippen LogP contribution in [0.1, 0.15) is 38.2 Å². The largest absolute Gasteiger partial charge is 0.493 e. The zero-order chi connectivity index (χ0) is 22.7. The fraction of sp³-hybridized carbons (Fsp3) is 0.360. The molecule has 0 bridgehead atoms. The van der Waals surface area contributed by atoms with Crippen molar-refractivity contribution >= 4 is 46.2 Å². The molecule has 2 atom stereocenters. The molecule has 0 N–H and O–H groups in total. The lowest BCUT2D eigenvalue weighted by Crippen LogP contribution is -2.44. The monoisotopic (exact) mass is 470 g/mol. The van der Waals surface area contributed by atoms with E-state index in [0.29, 0.717) is 32.9 Å². The van der Waals surface area contributed by atoms with Gasteiger partial charge in [0.1, 0.15) is 0 Å². The highest BCUT2D eigenvalue weighted by Gasteiger charge is 2.41. The summed E-state index contributed by atoms with van der Waals surface area (Å²) in [6, 6.07) is 13.4. The Bertz CT molecular complexity index is 1050. The molecule has 168 valence electrons. The fourth-order valence-electron chi connectivity index (χ4n) is 4.27. The highest BCUT2D eigenvalue weighted by molar-refractivity contribution is 8.18. The number of halogens is 1. The van der Waals surface area contributed by atoms with Gasteiger partial charge in [-0.3, -0.25) is 9.69 Å². The van der Waals surface area contributed by atoms with E-state index >= 15 is 0 Å². The quantitative estimate of drug-likeness (QED) is 0.465. The van der Waals surface area contributed by atoms with E-state index in [-0.39, 0.29) is 11.9 Å². The standard InChI is InChI=1S/C25H27ClN2O3S/c1-16-9-7-8-12-20(16)28-24(29)23(32-25(28)27-18-10-5-4-6-11-18)14-17-13-21(30-2)22(31-3)15-19(17)26/h4-6,10-11,13-16,20H,7-9,12H2,1-3H3/b23-14-,27-25?/t16-,20+/m0/s1. The minimum atomic E-state index is -0.0192. The van der Waals surface area contributed by atoms with Crippen LogP contribution < -0.4 is 9.47 Å². The van der Waals surface area contributed by atoms with Gasteiger partial charge in [-0.25, -0.2) is 4.99 Å². The summed E-state index contributed by atoms with van der Waals surface area (Å²) in [5, 5.41) is 1.22. The van der Waals surface area contributed by atoms with Gasteiger partial charge in [0, 0.05) is 12.1 Å². The second kappa shape index (κ2) is 10.0. The van der Waals surface area contributed by atoms with E-state index in [2.05, 4.69) is 6.92 Å². The number of ether oxygens (including phenoxy) is 2. The third kappa shape index (κ3) is 4.66. The van der Waals surface area contributed by atoms with Crippen molar-refractivity contribution in [1.82, 2.24) is 4.90 Å². The van der Waals surface area contributed by atoms with Crippen LogP contribution in [-0.4, -0.2) is 36.2 Å². The summed E-state index contributed by atoms with van der Waals surface area (Å²) >= 11 is 7.89. The Labute approximate surface area is 198 Å². The summed E-state index contributed by atoms with van der Waals surface area (Å²) in [6.45, 7) is 2.23. The molecule has 4 rings (SSSR count). The summed E-state index contributed by atoms with van der Waals surface area (Å²) in [5.41, 5.74) is 1.54. The van der Waals surface area contributed by atoms with Crippen LogP contribution in [0, 0.1) is 5.92 Å². The minimum absolute atomic E-state index is 0.0192. The molecule has 2 aliphatic rings. The predicted octanol–water partition coefficient (Wildman–Crippen LogP) is 6.54. The molecule has 2 aromatic rings. The molecule has 1 saturated carbocycles. The molecule has 0 spiro atoms. The molecule has 1 heterocycles. The summed E-state index contributed by atoms with van der Waals surface area (Å²) in [5.74, 6) is 1.52. The average molecular weight is 471 g/mol. The zero-order valence-electron chi connectivity index (χ0n) is 18.5. The van der Waals surface area contributed by atoms with Crippen LogP contribution in [0.5, 0.6) is 11.5 Å². The van der Waals surface area contributed by atoms with Gasteiger partial charge in [-0.15, -0.1) is 0 Å². The summed E-state index contributed by atoms with van der Waals surface area (Å²) in [7, 11) is 3.15. The van der Waals surface area contributed by atoms with Gasteiger partial charge in [-0.2, -0.15) is 0 Å². The maximum Gasteiger partial charge on any atom is 0.267 e. The van der Waals surface area contributed by atoms with Crippen LogP contribution in [0.15, 0.2) is 52.4 Å². The van der Waals surface area contributed by atoms with Crippen molar-refractivity contribution in [2.45, 2.75) is 38.6 Å². The smallest absolute Gasteiger partial charge is 0.267 e. The molecule has 1 saturated heterocycles. The van der Waals surface area contributed by atoms with E-state index in [9.17, 15) is 4.79 Å². The number of rotatable bonds is 5. The molecule has 0 aromatic heterocycles. The van der Waals surface area contributed by atoms with Gasteiger partial charge in [-0.1, -0.05) is 49.6 Å². The Morgan fingerprint density at radius 2 is 1.78 bits per heavy atom. The number of amidine groups is 1. The van der Waals surface area contributed by atoms with E-state index in [1.807, 2.05) is 41.3 Å². The summed E-state index contributed by atoms with van der Waals surface area (Å²) in [6.07, 6.45) is 6.28. The molecule has 1 aliphatic heterocycles. The maximum absolute atomic E-state index is 13.6. The first-order chi connectivity index (χ1) is 15.5. The third-order valence-electron chi connectivity index (χ3n) is 6.01. The van der Waals surface area contributed by atoms with E-state index in [0.717, 1.165) is 30.1 Å². The topological polar surface area (TPSA) is 51.1 Å². The van der Waals surface area contributed by atoms with Crippen LogP contribution >= 0.6 is 23.4 Å². The Balaban J connectivity index is 1.75. The molecule has 5 nitrogen and oxygen atoms in total. The second-order valence-corrected chi connectivity index (χ2v) is 9.49. The summed E-state index contributed by atoms with van der Waals surface area (Å²) < 4.78 is 10.7. The normalized spacial score (nSPS) is 23.8. The van der Waals surface area contributed by atoms with Gasteiger partial charge in [0.25, 0.3) is 5.91 Å². The second-order valence-electron chi connectivity index (χ2n) is 8.07. The number of hydrogen-bond donors (Lipinski definition) is 0. The van der Waals surface area contributed by atoms with Gasteiger partial charge < -0.3 is 9.47 Å². The number of para-hydroxylation sites is 1. The highest BCUT2D eigenvalue weighted by atomic mass is 35.5. The number of carbonyl (C=O) groups excluding carboxylic acids is 1. The molecule has 0 unspecified atom stereocenters. The van der Waals surface area contributed by atoms with Crippen molar-refractivity contribution in [2.24, 2.45) is 10.9 Å². The van der Waals surface area contributed by atoms with E-state index in [4.69, 9.17) is 26.1 Å². The Hall–Kier alpha value is -2.44. The Morgan fingerprint density at radius 3 is 2.47 bits per heavy atom. The van der Waals surface area contributed by atoms with Crippen molar-refractivity contribution < 1.29 is 14.3 Å². The first-order valence-electron chi connectivity index (χ1n) is 10.8. The highest BCUT2D eigenvalue weighted by Crippen LogP contribution is 2.41. The number of thioether (sulfide) groups is 1. The Kier molecular flexibility index (Phi) is 7.11. The fourth-order valence-corrected chi connectivity index (χ4v) is 5.52. The molecule has 1 aliphatic carbocycles. The van der Waals surface area contributed by atoms with Crippen molar-refractivity contribution in [2.75, 3.05) is 14.2 Å². The van der Waals surface area contributed by atoms with Crippen LogP contribution in [-0.2, 0) is 4.79 Å². The average Bonchev–Trinajstić information content (AvgIpc) is 3.10. The lowest BCUT2D eigenvalue weighted by atomic mass is 9.85.